The minimum Gasteiger partial charge on any atom is -0.390 e. The van der Waals surface area contributed by atoms with E-state index in [0.717, 1.165) is 44.8 Å². The summed E-state index contributed by atoms with van der Waals surface area (Å²) in [6, 6.07) is 8.59. The zero-order valence-corrected chi connectivity index (χ0v) is 13.6. The molecule has 0 aliphatic carbocycles. The summed E-state index contributed by atoms with van der Waals surface area (Å²) in [5.41, 5.74) is 2.25. The SMILES string of the molecule is O[C@@H]1CN(CCn2cnc3ccccc32)C[C@H]1N1CCCCC1. The van der Waals surface area contributed by atoms with Crippen LogP contribution in [0.15, 0.2) is 30.6 Å². The number of fused-ring (bicyclic) bond motifs is 1. The lowest BCUT2D eigenvalue weighted by Crippen LogP contribution is -2.45. The number of aliphatic hydroxyl groups is 1. The third-order valence-corrected chi connectivity index (χ3v) is 5.38. The summed E-state index contributed by atoms with van der Waals surface area (Å²) in [6.07, 6.45) is 5.64. The number of rotatable bonds is 4. The standard InChI is InChI=1S/C18H26N4O/c23-18-13-20(12-17(18)21-8-4-1-5-9-21)10-11-22-14-19-15-6-2-3-7-16(15)22/h2-3,6-7,14,17-18,23H,1,4-5,8-13H2/t17-,18-/m1/s1. The molecule has 0 bridgehead atoms. The van der Waals surface area contributed by atoms with E-state index in [1.807, 2.05) is 12.4 Å². The lowest BCUT2D eigenvalue weighted by atomic mass is 10.1. The maximum Gasteiger partial charge on any atom is 0.0958 e. The number of β-amino-alcohol motifs (C(OH)–C–C–N with tert-alkyl or cyclic N) is 1. The van der Waals surface area contributed by atoms with E-state index in [1.54, 1.807) is 0 Å². The zero-order valence-electron chi connectivity index (χ0n) is 13.6. The summed E-state index contributed by atoms with van der Waals surface area (Å²) in [6.45, 7) is 6.01. The second-order valence-corrected chi connectivity index (χ2v) is 6.92. The van der Waals surface area contributed by atoms with Gasteiger partial charge in [-0.2, -0.15) is 0 Å². The van der Waals surface area contributed by atoms with Crippen LogP contribution in [0.25, 0.3) is 11.0 Å². The predicted molar refractivity (Wildman–Crippen MR) is 91.4 cm³/mol. The number of nitrogens with zero attached hydrogens (tertiary/aromatic N) is 4. The van der Waals surface area contributed by atoms with Gasteiger partial charge in [0.15, 0.2) is 0 Å². The molecule has 0 spiro atoms. The zero-order chi connectivity index (χ0) is 15.6. The van der Waals surface area contributed by atoms with Crippen LogP contribution < -0.4 is 0 Å². The molecule has 2 atom stereocenters. The molecule has 3 heterocycles. The van der Waals surface area contributed by atoms with Gasteiger partial charge in [0, 0.05) is 32.2 Å². The molecule has 0 unspecified atom stereocenters. The van der Waals surface area contributed by atoms with E-state index < -0.39 is 0 Å². The number of hydrogen-bond acceptors (Lipinski definition) is 4. The highest BCUT2D eigenvalue weighted by molar-refractivity contribution is 5.74. The van der Waals surface area contributed by atoms with E-state index in [-0.39, 0.29) is 6.10 Å². The van der Waals surface area contributed by atoms with Gasteiger partial charge in [-0.25, -0.2) is 4.98 Å². The molecule has 5 nitrogen and oxygen atoms in total. The Morgan fingerprint density at radius 2 is 1.87 bits per heavy atom. The molecule has 2 aliphatic heterocycles. The van der Waals surface area contributed by atoms with Gasteiger partial charge in [-0.15, -0.1) is 0 Å². The number of hydrogen-bond donors (Lipinski definition) is 1. The van der Waals surface area contributed by atoms with Gasteiger partial charge in [0.1, 0.15) is 0 Å². The van der Waals surface area contributed by atoms with E-state index in [1.165, 1.54) is 24.8 Å². The van der Waals surface area contributed by atoms with Crippen molar-refractivity contribution in [3.05, 3.63) is 30.6 Å². The van der Waals surface area contributed by atoms with Crippen molar-refractivity contribution in [3.63, 3.8) is 0 Å². The van der Waals surface area contributed by atoms with Crippen LogP contribution in [0.4, 0.5) is 0 Å². The molecule has 4 rings (SSSR count). The van der Waals surface area contributed by atoms with Gasteiger partial charge in [-0.05, 0) is 38.1 Å². The molecule has 1 N–H and O–H groups in total. The molecular weight excluding hydrogens is 288 g/mol. The van der Waals surface area contributed by atoms with Gasteiger partial charge in [0.25, 0.3) is 0 Å². The van der Waals surface area contributed by atoms with Crippen molar-refractivity contribution in [2.45, 2.75) is 38.0 Å². The van der Waals surface area contributed by atoms with Crippen LogP contribution in [0.1, 0.15) is 19.3 Å². The Bertz CT molecular complexity index is 649. The molecule has 2 fully saturated rings. The molecule has 0 saturated carbocycles. The number of imidazole rings is 1. The second-order valence-electron chi connectivity index (χ2n) is 6.92. The average Bonchev–Trinajstić information content (AvgIpc) is 3.17. The molecule has 0 amide bonds. The van der Waals surface area contributed by atoms with Gasteiger partial charge in [0.05, 0.1) is 23.5 Å². The Morgan fingerprint density at radius 1 is 1.04 bits per heavy atom. The summed E-state index contributed by atoms with van der Waals surface area (Å²) in [5, 5.41) is 10.4. The fourth-order valence-electron chi connectivity index (χ4n) is 4.08. The average molecular weight is 314 g/mol. The smallest absolute Gasteiger partial charge is 0.0958 e. The molecule has 2 aromatic rings. The molecule has 0 radical (unpaired) electrons. The molecule has 124 valence electrons. The first-order valence-corrected chi connectivity index (χ1v) is 8.85. The van der Waals surface area contributed by atoms with Crippen molar-refractivity contribution >= 4 is 11.0 Å². The van der Waals surface area contributed by atoms with Crippen molar-refractivity contribution in [2.24, 2.45) is 0 Å². The van der Waals surface area contributed by atoms with E-state index in [4.69, 9.17) is 0 Å². The molecule has 5 heteroatoms. The lowest BCUT2D eigenvalue weighted by molar-refractivity contribution is 0.0706. The molecule has 2 aliphatic rings. The van der Waals surface area contributed by atoms with Crippen molar-refractivity contribution in [1.29, 1.82) is 0 Å². The van der Waals surface area contributed by atoms with Crippen molar-refractivity contribution in [1.82, 2.24) is 19.4 Å². The van der Waals surface area contributed by atoms with Gasteiger partial charge in [-0.1, -0.05) is 18.6 Å². The molecule has 2 saturated heterocycles. The highest BCUT2D eigenvalue weighted by Crippen LogP contribution is 2.21. The number of likely N-dealkylation sites (tertiary alicyclic amines) is 2. The highest BCUT2D eigenvalue weighted by Gasteiger charge is 2.35. The summed E-state index contributed by atoms with van der Waals surface area (Å²) in [5.74, 6) is 0. The minimum absolute atomic E-state index is 0.201. The highest BCUT2D eigenvalue weighted by atomic mass is 16.3. The maximum atomic E-state index is 10.4. The molecular formula is C18H26N4O. The number of aromatic nitrogens is 2. The van der Waals surface area contributed by atoms with Gasteiger partial charge in [-0.3, -0.25) is 9.80 Å². The third-order valence-electron chi connectivity index (χ3n) is 5.38. The first kappa shape index (κ1) is 15.1. The number of piperidine rings is 1. The van der Waals surface area contributed by atoms with E-state index in [9.17, 15) is 5.11 Å². The first-order chi connectivity index (χ1) is 11.3. The van der Waals surface area contributed by atoms with E-state index in [0.29, 0.717) is 6.04 Å². The Labute approximate surface area is 137 Å². The van der Waals surface area contributed by atoms with Crippen LogP contribution in [0.3, 0.4) is 0 Å². The summed E-state index contributed by atoms with van der Waals surface area (Å²) in [7, 11) is 0. The Kier molecular flexibility index (Phi) is 4.33. The topological polar surface area (TPSA) is 44.5 Å². The normalized spacial score (nSPS) is 27.0. The summed E-state index contributed by atoms with van der Waals surface area (Å²) in [4.78, 5) is 9.36. The Hall–Kier alpha value is -1.43. The van der Waals surface area contributed by atoms with Crippen LogP contribution in [0.5, 0.6) is 0 Å². The monoisotopic (exact) mass is 314 g/mol. The van der Waals surface area contributed by atoms with Gasteiger partial charge >= 0.3 is 0 Å². The predicted octanol–water partition coefficient (Wildman–Crippen LogP) is 1.57. The molecule has 1 aromatic carbocycles. The third kappa shape index (κ3) is 3.13. The van der Waals surface area contributed by atoms with Gasteiger partial charge in [0.2, 0.25) is 0 Å². The van der Waals surface area contributed by atoms with Crippen LogP contribution in [-0.2, 0) is 6.54 Å². The van der Waals surface area contributed by atoms with Crippen LogP contribution in [0, 0.1) is 0 Å². The number of para-hydroxylation sites is 2. The van der Waals surface area contributed by atoms with E-state index >= 15 is 0 Å². The lowest BCUT2D eigenvalue weighted by Gasteiger charge is -2.33. The Balaban J connectivity index is 1.36. The number of benzene rings is 1. The van der Waals surface area contributed by atoms with Crippen molar-refractivity contribution in [3.8, 4) is 0 Å². The maximum absolute atomic E-state index is 10.4. The van der Waals surface area contributed by atoms with Crippen LogP contribution in [-0.4, -0.2) is 69.3 Å². The van der Waals surface area contributed by atoms with Crippen molar-refractivity contribution < 1.29 is 5.11 Å². The van der Waals surface area contributed by atoms with E-state index in [2.05, 4.69) is 37.5 Å². The van der Waals surface area contributed by atoms with Gasteiger partial charge < -0.3 is 9.67 Å². The summed E-state index contributed by atoms with van der Waals surface area (Å²) < 4.78 is 2.22. The fourth-order valence-corrected chi connectivity index (χ4v) is 4.08. The van der Waals surface area contributed by atoms with Crippen LogP contribution >= 0.6 is 0 Å². The quantitative estimate of drug-likeness (QED) is 0.930. The summed E-state index contributed by atoms with van der Waals surface area (Å²) >= 11 is 0. The second kappa shape index (κ2) is 6.59. The van der Waals surface area contributed by atoms with Crippen LogP contribution in [0.2, 0.25) is 0 Å². The fraction of sp³-hybridized carbons (Fsp3) is 0.611. The largest absolute Gasteiger partial charge is 0.390 e. The van der Waals surface area contributed by atoms with Crippen molar-refractivity contribution in [2.75, 3.05) is 32.7 Å². The molecule has 1 aromatic heterocycles. The first-order valence-electron chi connectivity index (χ1n) is 8.85. The molecule has 23 heavy (non-hydrogen) atoms. The number of aliphatic hydroxyl groups excluding tert-OH is 1. The minimum atomic E-state index is -0.201. The Morgan fingerprint density at radius 3 is 2.74 bits per heavy atom.